The first kappa shape index (κ1) is 22.3. The Kier molecular flexibility index (Phi) is 6.96. The second-order valence-electron chi connectivity index (χ2n) is 6.07. The molecule has 2 aromatic rings. The number of amides is 1. The zero-order valence-corrected chi connectivity index (χ0v) is 15.7. The molecule has 0 saturated carbocycles. The summed E-state index contributed by atoms with van der Waals surface area (Å²) in [5, 5.41) is 9.67. The van der Waals surface area contributed by atoms with E-state index in [-0.39, 0.29) is 16.9 Å². The van der Waals surface area contributed by atoms with Crippen molar-refractivity contribution in [2.75, 3.05) is 5.32 Å². The van der Waals surface area contributed by atoms with Crippen LogP contribution in [-0.2, 0) is 4.74 Å². The first-order chi connectivity index (χ1) is 13.5. The first-order valence-corrected chi connectivity index (χ1v) is 8.51. The smallest absolute Gasteiger partial charge is 0.425 e. The summed E-state index contributed by atoms with van der Waals surface area (Å²) in [7, 11) is 0. The summed E-state index contributed by atoms with van der Waals surface area (Å²) in [6.45, 7) is 1.33. The Labute approximate surface area is 167 Å². The molecule has 2 aromatic heterocycles. The van der Waals surface area contributed by atoms with E-state index in [1.807, 2.05) is 0 Å². The first-order valence-electron chi connectivity index (χ1n) is 8.13. The van der Waals surface area contributed by atoms with Gasteiger partial charge in [-0.2, -0.15) is 17.6 Å². The predicted molar refractivity (Wildman–Crippen MR) is 97.3 cm³/mol. The number of amidine groups is 1. The van der Waals surface area contributed by atoms with Gasteiger partial charge in [-0.15, -0.1) is 0 Å². The van der Waals surface area contributed by atoms with Gasteiger partial charge < -0.3 is 15.8 Å². The molecule has 0 spiro atoms. The van der Waals surface area contributed by atoms with Crippen LogP contribution in [-0.4, -0.2) is 34.2 Å². The molecule has 0 bridgehead atoms. The second-order valence-corrected chi connectivity index (χ2v) is 6.51. The molecule has 0 radical (unpaired) electrons. The van der Waals surface area contributed by atoms with Crippen LogP contribution in [0.3, 0.4) is 0 Å². The number of halogens is 5. The Hall–Kier alpha value is -2.95. The van der Waals surface area contributed by atoms with Gasteiger partial charge in [-0.3, -0.25) is 10.2 Å². The van der Waals surface area contributed by atoms with Gasteiger partial charge in [-0.25, -0.2) is 9.97 Å². The van der Waals surface area contributed by atoms with E-state index in [1.54, 1.807) is 0 Å². The van der Waals surface area contributed by atoms with Gasteiger partial charge in [0.25, 0.3) is 11.9 Å². The van der Waals surface area contributed by atoms with Gasteiger partial charge >= 0.3 is 6.18 Å². The Bertz CT molecular complexity index is 892. The maximum atomic E-state index is 14.1. The molecule has 7 nitrogen and oxygen atoms in total. The molecule has 0 saturated heterocycles. The number of nitrogens with zero attached hydrogens (tertiary/aromatic N) is 2. The van der Waals surface area contributed by atoms with Gasteiger partial charge in [0.1, 0.15) is 5.69 Å². The predicted octanol–water partition coefficient (Wildman–Crippen LogP) is 3.86. The maximum Gasteiger partial charge on any atom is 0.425 e. The number of carbonyl (C=O) groups excluding carboxylic acids is 1. The van der Waals surface area contributed by atoms with Crippen molar-refractivity contribution in [1.82, 2.24) is 9.97 Å². The van der Waals surface area contributed by atoms with Gasteiger partial charge in [-0.05, 0) is 24.1 Å². The number of rotatable bonds is 6. The van der Waals surface area contributed by atoms with E-state index >= 15 is 0 Å². The molecule has 12 heteroatoms. The molecule has 2 atom stereocenters. The number of carbonyl (C=O) groups is 1. The molecule has 156 valence electrons. The van der Waals surface area contributed by atoms with Gasteiger partial charge in [0.15, 0.2) is 6.10 Å². The lowest BCUT2D eigenvalue weighted by Crippen LogP contribution is -2.37. The van der Waals surface area contributed by atoms with E-state index in [4.69, 9.17) is 22.7 Å². The van der Waals surface area contributed by atoms with Crippen LogP contribution in [0.4, 0.5) is 23.2 Å². The highest BCUT2D eigenvalue weighted by Gasteiger charge is 2.43. The molecule has 4 N–H and O–H groups in total. The van der Waals surface area contributed by atoms with Crippen LogP contribution in [0.1, 0.15) is 35.3 Å². The Balaban J connectivity index is 2.19. The van der Waals surface area contributed by atoms with Crippen LogP contribution < -0.4 is 11.1 Å². The SMILES string of the molecule is C[C@@H](C[C@@H](OC(=N)N)C(F)(F)F)c1cc(NC(=O)c2ccc(Cl)cn2)cnc1F. The third kappa shape index (κ3) is 6.28. The number of nitrogens with one attached hydrogen (secondary N) is 2. The molecule has 0 aromatic carbocycles. The van der Waals surface area contributed by atoms with Gasteiger partial charge in [0, 0.05) is 18.2 Å². The quantitative estimate of drug-likeness (QED) is 0.277. The molecule has 2 rings (SSSR count). The lowest BCUT2D eigenvalue weighted by molar-refractivity contribution is -0.202. The molecule has 29 heavy (non-hydrogen) atoms. The maximum absolute atomic E-state index is 14.1. The number of hydrogen-bond acceptors (Lipinski definition) is 5. The molecule has 0 aliphatic heterocycles. The fourth-order valence-corrected chi connectivity index (χ4v) is 2.55. The van der Waals surface area contributed by atoms with Gasteiger partial charge in [0.2, 0.25) is 5.95 Å². The van der Waals surface area contributed by atoms with E-state index in [0.717, 1.165) is 6.20 Å². The number of hydrogen-bond donors (Lipinski definition) is 3. The van der Waals surface area contributed by atoms with E-state index in [9.17, 15) is 22.4 Å². The van der Waals surface area contributed by atoms with Crippen molar-refractivity contribution in [3.8, 4) is 0 Å². The van der Waals surface area contributed by atoms with E-state index < -0.39 is 42.5 Å². The Morgan fingerprint density at radius 2 is 2.03 bits per heavy atom. The lowest BCUT2D eigenvalue weighted by atomic mass is 9.95. The van der Waals surface area contributed by atoms with Crippen LogP contribution in [0.25, 0.3) is 0 Å². The Morgan fingerprint density at radius 1 is 1.34 bits per heavy atom. The molecule has 1 amide bonds. The van der Waals surface area contributed by atoms with Crippen molar-refractivity contribution in [2.24, 2.45) is 5.73 Å². The van der Waals surface area contributed by atoms with Crippen LogP contribution in [0.15, 0.2) is 30.6 Å². The highest BCUT2D eigenvalue weighted by molar-refractivity contribution is 6.30. The minimum atomic E-state index is -4.81. The van der Waals surface area contributed by atoms with E-state index in [1.165, 1.54) is 31.3 Å². The molecule has 0 aliphatic rings. The zero-order valence-electron chi connectivity index (χ0n) is 14.9. The summed E-state index contributed by atoms with van der Waals surface area (Å²) >= 11 is 5.70. The van der Waals surface area contributed by atoms with Crippen LogP contribution in [0.5, 0.6) is 0 Å². The summed E-state index contributed by atoms with van der Waals surface area (Å²) in [5.74, 6) is -2.65. The summed E-state index contributed by atoms with van der Waals surface area (Å²) in [5.41, 5.74) is 4.81. The third-order valence-corrected chi connectivity index (χ3v) is 4.04. The van der Waals surface area contributed by atoms with Crippen LogP contribution in [0.2, 0.25) is 5.02 Å². The van der Waals surface area contributed by atoms with Crippen molar-refractivity contribution in [3.63, 3.8) is 0 Å². The normalized spacial score (nSPS) is 13.4. The Morgan fingerprint density at radius 3 is 2.59 bits per heavy atom. The number of anilines is 1. The standard InChI is InChI=1S/C17H16ClF4N5O2/c1-8(4-13(17(20,21)22)29-16(23)24)11-5-10(7-26-14(11)19)27-15(28)12-3-2-9(18)6-25-12/h2-3,5-8,13H,4H2,1H3,(H3,23,24)(H,27,28)/t8-,13+/m0/s1. The summed E-state index contributed by atoms with van der Waals surface area (Å²) in [6.07, 6.45) is -5.63. The largest absolute Gasteiger partial charge is 0.453 e. The van der Waals surface area contributed by atoms with E-state index in [2.05, 4.69) is 20.0 Å². The number of ether oxygens (including phenoxy) is 1. The summed E-state index contributed by atoms with van der Waals surface area (Å²) < 4.78 is 57.6. The highest BCUT2D eigenvalue weighted by Crippen LogP contribution is 2.33. The number of nitrogens with two attached hydrogens (primary N) is 1. The lowest BCUT2D eigenvalue weighted by Gasteiger charge is -2.24. The average molecular weight is 434 g/mol. The molecule has 0 aliphatic carbocycles. The van der Waals surface area contributed by atoms with Crippen LogP contribution >= 0.6 is 11.6 Å². The van der Waals surface area contributed by atoms with Crippen molar-refractivity contribution < 1.29 is 27.1 Å². The molecule has 0 unspecified atom stereocenters. The molecule has 2 heterocycles. The van der Waals surface area contributed by atoms with Crippen molar-refractivity contribution >= 4 is 29.2 Å². The number of pyridine rings is 2. The molecular formula is C17H16ClF4N5O2. The molecular weight excluding hydrogens is 418 g/mol. The fraction of sp³-hybridized carbons (Fsp3) is 0.294. The second kappa shape index (κ2) is 9.03. The highest BCUT2D eigenvalue weighted by atomic mass is 35.5. The average Bonchev–Trinajstić information content (AvgIpc) is 2.62. The topological polar surface area (TPSA) is 114 Å². The molecule has 0 fully saturated rings. The minimum Gasteiger partial charge on any atom is -0.453 e. The van der Waals surface area contributed by atoms with E-state index in [0.29, 0.717) is 5.02 Å². The number of alkyl halides is 3. The summed E-state index contributed by atoms with van der Waals surface area (Å²) in [4.78, 5) is 19.5. The van der Waals surface area contributed by atoms with Crippen molar-refractivity contribution in [2.45, 2.75) is 31.5 Å². The van der Waals surface area contributed by atoms with Gasteiger partial charge in [-0.1, -0.05) is 18.5 Å². The zero-order chi connectivity index (χ0) is 21.8. The fourth-order valence-electron chi connectivity index (χ4n) is 2.43. The van der Waals surface area contributed by atoms with Crippen molar-refractivity contribution in [3.05, 3.63) is 52.8 Å². The third-order valence-electron chi connectivity index (χ3n) is 3.82. The summed E-state index contributed by atoms with van der Waals surface area (Å²) in [6, 6.07) is 2.88. The minimum absolute atomic E-state index is 0.0281. The van der Waals surface area contributed by atoms with Gasteiger partial charge in [0.05, 0.1) is 16.9 Å². The van der Waals surface area contributed by atoms with Crippen molar-refractivity contribution in [1.29, 1.82) is 5.41 Å². The van der Waals surface area contributed by atoms with Crippen LogP contribution in [0, 0.1) is 11.4 Å². The number of aromatic nitrogens is 2. The monoisotopic (exact) mass is 433 g/mol.